The van der Waals surface area contributed by atoms with Gasteiger partial charge in [0.15, 0.2) is 5.76 Å². The molecule has 0 radical (unpaired) electrons. The second-order valence-corrected chi connectivity index (χ2v) is 7.92. The standard InChI is InChI=1S/C23H24N4O3/c28-22(24-13-18-15-26-10-4-3-9-21(26)25-18)19-12-16-6-1-2-7-17(16)14-27(19)23(29)20-8-5-11-30-20/h1-2,5-8,11,15,19H,3-4,9-10,12-14H2,(H,24,28). The zero-order chi connectivity index (χ0) is 20.5. The predicted octanol–water partition coefficient (Wildman–Crippen LogP) is 2.70. The van der Waals surface area contributed by atoms with Crippen LogP contribution in [0.15, 0.2) is 53.3 Å². The fourth-order valence-electron chi connectivity index (χ4n) is 4.36. The van der Waals surface area contributed by atoms with Crippen LogP contribution in [0.3, 0.4) is 0 Å². The highest BCUT2D eigenvalue weighted by atomic mass is 16.3. The summed E-state index contributed by atoms with van der Waals surface area (Å²) in [4.78, 5) is 32.4. The summed E-state index contributed by atoms with van der Waals surface area (Å²) in [5.41, 5.74) is 3.02. The van der Waals surface area contributed by atoms with Gasteiger partial charge >= 0.3 is 0 Å². The topological polar surface area (TPSA) is 80.4 Å². The number of carbonyl (C=O) groups is 2. The number of aromatic nitrogens is 2. The first-order chi connectivity index (χ1) is 14.7. The Morgan fingerprint density at radius 3 is 2.80 bits per heavy atom. The van der Waals surface area contributed by atoms with Crippen LogP contribution in [0.5, 0.6) is 0 Å². The molecule has 5 rings (SSSR count). The highest BCUT2D eigenvalue weighted by Crippen LogP contribution is 2.25. The number of furan rings is 1. The van der Waals surface area contributed by atoms with Gasteiger partial charge in [-0.05, 0) is 36.1 Å². The highest BCUT2D eigenvalue weighted by molar-refractivity contribution is 5.96. The molecule has 154 valence electrons. The van der Waals surface area contributed by atoms with Gasteiger partial charge in [0.1, 0.15) is 11.9 Å². The van der Waals surface area contributed by atoms with Crippen LogP contribution in [0.1, 0.15) is 46.0 Å². The van der Waals surface area contributed by atoms with Gasteiger partial charge in [-0.1, -0.05) is 24.3 Å². The maximum atomic E-state index is 13.1. The van der Waals surface area contributed by atoms with Gasteiger partial charge in [0, 0.05) is 32.1 Å². The van der Waals surface area contributed by atoms with Crippen molar-refractivity contribution in [3.8, 4) is 0 Å². The van der Waals surface area contributed by atoms with E-state index in [1.54, 1.807) is 17.0 Å². The van der Waals surface area contributed by atoms with Crippen LogP contribution < -0.4 is 5.32 Å². The highest BCUT2D eigenvalue weighted by Gasteiger charge is 2.35. The number of imidazole rings is 1. The molecule has 0 fully saturated rings. The molecule has 1 aromatic carbocycles. The van der Waals surface area contributed by atoms with Crippen molar-refractivity contribution in [1.29, 1.82) is 0 Å². The van der Waals surface area contributed by atoms with Gasteiger partial charge in [-0.15, -0.1) is 0 Å². The van der Waals surface area contributed by atoms with Crippen LogP contribution in [0, 0.1) is 0 Å². The molecule has 2 aromatic heterocycles. The second kappa shape index (κ2) is 7.82. The van der Waals surface area contributed by atoms with E-state index in [4.69, 9.17) is 4.42 Å². The number of nitrogens with zero attached hydrogens (tertiary/aromatic N) is 3. The van der Waals surface area contributed by atoms with Crippen molar-refractivity contribution in [3.63, 3.8) is 0 Å². The lowest BCUT2D eigenvalue weighted by Gasteiger charge is -2.35. The van der Waals surface area contributed by atoms with Crippen LogP contribution in [-0.2, 0) is 37.3 Å². The average Bonchev–Trinajstić information content (AvgIpc) is 3.45. The van der Waals surface area contributed by atoms with Crippen molar-refractivity contribution >= 4 is 11.8 Å². The molecular weight excluding hydrogens is 380 g/mol. The second-order valence-electron chi connectivity index (χ2n) is 7.92. The Balaban J connectivity index is 1.35. The first-order valence-electron chi connectivity index (χ1n) is 10.4. The summed E-state index contributed by atoms with van der Waals surface area (Å²) in [6.07, 6.45) is 7.29. The van der Waals surface area contributed by atoms with E-state index in [9.17, 15) is 9.59 Å². The van der Waals surface area contributed by atoms with Gasteiger partial charge in [0.25, 0.3) is 5.91 Å². The SMILES string of the molecule is O=C(NCc1cn2c(n1)CCCC2)C1Cc2ccccc2CN1C(=O)c1ccco1. The van der Waals surface area contributed by atoms with Gasteiger partial charge in [-0.2, -0.15) is 0 Å². The minimum atomic E-state index is -0.588. The molecule has 0 aliphatic carbocycles. The monoisotopic (exact) mass is 404 g/mol. The maximum absolute atomic E-state index is 13.1. The molecule has 2 amide bonds. The van der Waals surface area contributed by atoms with E-state index >= 15 is 0 Å². The minimum absolute atomic E-state index is 0.171. The molecule has 7 heteroatoms. The Morgan fingerprint density at radius 2 is 2.00 bits per heavy atom. The fraction of sp³-hybridized carbons (Fsp3) is 0.348. The number of carbonyl (C=O) groups excluding carboxylic acids is 2. The first-order valence-corrected chi connectivity index (χ1v) is 10.4. The molecule has 0 saturated heterocycles. The molecule has 3 aromatic rings. The number of nitrogens with one attached hydrogen (secondary N) is 1. The molecular formula is C23H24N4O3. The van der Waals surface area contributed by atoms with Crippen molar-refractivity contribution < 1.29 is 14.0 Å². The minimum Gasteiger partial charge on any atom is -0.459 e. The molecule has 2 aliphatic heterocycles. The number of fused-ring (bicyclic) bond motifs is 2. The molecule has 30 heavy (non-hydrogen) atoms. The van der Waals surface area contributed by atoms with Crippen LogP contribution in [0.4, 0.5) is 0 Å². The zero-order valence-corrected chi connectivity index (χ0v) is 16.7. The van der Waals surface area contributed by atoms with E-state index in [-0.39, 0.29) is 17.6 Å². The van der Waals surface area contributed by atoms with Crippen molar-refractivity contribution in [3.05, 3.63) is 77.3 Å². The van der Waals surface area contributed by atoms with Crippen LogP contribution in [0.25, 0.3) is 0 Å². The number of aryl methyl sites for hydroxylation is 2. The predicted molar refractivity (Wildman–Crippen MR) is 110 cm³/mol. The van der Waals surface area contributed by atoms with E-state index in [1.807, 2.05) is 30.5 Å². The quantitative estimate of drug-likeness (QED) is 0.725. The van der Waals surface area contributed by atoms with Gasteiger partial charge in [-0.25, -0.2) is 4.98 Å². The molecule has 0 bridgehead atoms. The molecule has 0 spiro atoms. The zero-order valence-electron chi connectivity index (χ0n) is 16.7. The number of rotatable bonds is 4. The summed E-state index contributed by atoms with van der Waals surface area (Å²) in [6, 6.07) is 10.7. The Morgan fingerprint density at radius 1 is 1.13 bits per heavy atom. The van der Waals surface area contributed by atoms with Gasteiger partial charge in [-0.3, -0.25) is 9.59 Å². The normalized spacial score (nSPS) is 17.9. The van der Waals surface area contributed by atoms with E-state index in [2.05, 4.69) is 14.9 Å². The van der Waals surface area contributed by atoms with E-state index < -0.39 is 6.04 Å². The van der Waals surface area contributed by atoms with Crippen LogP contribution in [-0.4, -0.2) is 32.3 Å². The lowest BCUT2D eigenvalue weighted by molar-refractivity contribution is -0.126. The summed E-state index contributed by atoms with van der Waals surface area (Å²) in [7, 11) is 0. The van der Waals surface area contributed by atoms with E-state index in [0.29, 0.717) is 19.5 Å². The number of benzene rings is 1. The molecule has 1 N–H and O–H groups in total. The summed E-state index contributed by atoms with van der Waals surface area (Å²) in [6.45, 7) is 1.73. The molecule has 1 unspecified atom stereocenters. The van der Waals surface area contributed by atoms with Gasteiger partial charge < -0.3 is 19.2 Å². The third-order valence-corrected chi connectivity index (χ3v) is 5.95. The summed E-state index contributed by atoms with van der Waals surface area (Å²) in [5, 5.41) is 3.00. The third kappa shape index (κ3) is 3.51. The lowest BCUT2D eigenvalue weighted by atomic mass is 9.93. The van der Waals surface area contributed by atoms with Gasteiger partial charge in [0.05, 0.1) is 18.5 Å². The molecule has 1 atom stereocenters. The van der Waals surface area contributed by atoms with Crippen LogP contribution in [0.2, 0.25) is 0 Å². The molecule has 2 aliphatic rings. The average molecular weight is 404 g/mol. The van der Waals surface area contributed by atoms with E-state index in [0.717, 1.165) is 42.0 Å². The van der Waals surface area contributed by atoms with Crippen LogP contribution >= 0.6 is 0 Å². The number of hydrogen-bond acceptors (Lipinski definition) is 4. The largest absolute Gasteiger partial charge is 0.459 e. The summed E-state index contributed by atoms with van der Waals surface area (Å²) >= 11 is 0. The third-order valence-electron chi connectivity index (χ3n) is 5.95. The smallest absolute Gasteiger partial charge is 0.290 e. The first kappa shape index (κ1) is 18.7. The van der Waals surface area contributed by atoms with Crippen molar-refractivity contribution in [1.82, 2.24) is 19.8 Å². The summed E-state index contributed by atoms with van der Waals surface area (Å²) in [5.74, 6) is 0.892. The Bertz CT molecular complexity index is 1050. The molecule has 0 saturated carbocycles. The molecule has 4 heterocycles. The lowest BCUT2D eigenvalue weighted by Crippen LogP contribution is -2.52. The number of amides is 2. The number of hydrogen-bond donors (Lipinski definition) is 1. The van der Waals surface area contributed by atoms with E-state index in [1.165, 1.54) is 12.7 Å². The maximum Gasteiger partial charge on any atom is 0.290 e. The Hall–Kier alpha value is -3.35. The van der Waals surface area contributed by atoms with Crippen molar-refractivity contribution in [2.75, 3.05) is 0 Å². The van der Waals surface area contributed by atoms with Crippen molar-refractivity contribution in [2.24, 2.45) is 0 Å². The molecule has 7 nitrogen and oxygen atoms in total. The summed E-state index contributed by atoms with van der Waals surface area (Å²) < 4.78 is 7.48. The van der Waals surface area contributed by atoms with Crippen molar-refractivity contribution in [2.45, 2.75) is 51.4 Å². The Kier molecular flexibility index (Phi) is 4.86. The van der Waals surface area contributed by atoms with Gasteiger partial charge in [0.2, 0.25) is 5.91 Å². The Labute approximate surface area is 174 Å². The fourth-order valence-corrected chi connectivity index (χ4v) is 4.36.